The Labute approximate surface area is 177 Å². The number of hydrogen-bond donors (Lipinski definition) is 1. The summed E-state index contributed by atoms with van der Waals surface area (Å²) in [5, 5.41) is 10.9. The second-order valence-corrected chi connectivity index (χ2v) is 9.15. The van der Waals surface area contributed by atoms with Crippen LogP contribution in [0.15, 0.2) is 47.4 Å². The van der Waals surface area contributed by atoms with Gasteiger partial charge in [0, 0.05) is 24.2 Å². The SMILES string of the molecule is COc1ccccc1C(CNS(=O)(=O)c1ccc([N+](=O)[O-])cc1C)N1CCCCC1. The molecule has 0 aromatic heterocycles. The van der Waals surface area contributed by atoms with Crippen LogP contribution in [0.5, 0.6) is 5.75 Å². The lowest BCUT2D eigenvalue weighted by Gasteiger charge is -2.35. The third-order valence-corrected chi connectivity index (χ3v) is 7.04. The van der Waals surface area contributed by atoms with Gasteiger partial charge in [-0.2, -0.15) is 0 Å². The van der Waals surface area contributed by atoms with Crippen LogP contribution in [-0.2, 0) is 10.0 Å². The Kier molecular flexibility index (Phi) is 7.06. The highest BCUT2D eigenvalue weighted by Crippen LogP contribution is 2.31. The lowest BCUT2D eigenvalue weighted by atomic mass is 10.0. The summed E-state index contributed by atoms with van der Waals surface area (Å²) >= 11 is 0. The fourth-order valence-corrected chi connectivity index (χ4v) is 5.19. The molecule has 1 unspecified atom stereocenters. The second kappa shape index (κ2) is 9.55. The Morgan fingerprint density at radius 3 is 2.50 bits per heavy atom. The van der Waals surface area contributed by atoms with Crippen LogP contribution in [0.25, 0.3) is 0 Å². The molecule has 1 aliphatic heterocycles. The van der Waals surface area contributed by atoms with Gasteiger partial charge in [0.25, 0.3) is 5.69 Å². The highest BCUT2D eigenvalue weighted by Gasteiger charge is 2.27. The van der Waals surface area contributed by atoms with Crippen molar-refractivity contribution in [2.75, 3.05) is 26.7 Å². The van der Waals surface area contributed by atoms with E-state index < -0.39 is 14.9 Å². The molecule has 1 heterocycles. The van der Waals surface area contributed by atoms with E-state index in [2.05, 4.69) is 9.62 Å². The van der Waals surface area contributed by atoms with Gasteiger partial charge in [0.1, 0.15) is 5.75 Å². The van der Waals surface area contributed by atoms with Crippen molar-refractivity contribution in [3.05, 3.63) is 63.7 Å². The van der Waals surface area contributed by atoms with Crippen molar-refractivity contribution in [3.8, 4) is 5.75 Å². The lowest BCUT2D eigenvalue weighted by molar-refractivity contribution is -0.385. The molecule has 1 aliphatic rings. The molecule has 1 saturated heterocycles. The molecule has 2 aromatic carbocycles. The summed E-state index contributed by atoms with van der Waals surface area (Å²) in [5.41, 5.74) is 1.14. The summed E-state index contributed by atoms with van der Waals surface area (Å²) in [6.07, 6.45) is 3.31. The zero-order valence-corrected chi connectivity index (χ0v) is 18.0. The number of nitro groups is 1. The van der Waals surface area contributed by atoms with Crippen molar-refractivity contribution in [2.45, 2.75) is 37.1 Å². The number of rotatable bonds is 8. The predicted octanol–water partition coefficient (Wildman–Crippen LogP) is 3.42. The number of sulfonamides is 1. The molecule has 3 rings (SSSR count). The van der Waals surface area contributed by atoms with Gasteiger partial charge in [-0.1, -0.05) is 24.6 Å². The fraction of sp³-hybridized carbons (Fsp3) is 0.429. The summed E-state index contributed by atoms with van der Waals surface area (Å²) in [5.74, 6) is 0.721. The first-order valence-corrected chi connectivity index (χ1v) is 11.4. The largest absolute Gasteiger partial charge is 0.496 e. The van der Waals surface area contributed by atoms with Crippen molar-refractivity contribution in [1.29, 1.82) is 0 Å². The lowest BCUT2D eigenvalue weighted by Crippen LogP contribution is -2.40. The van der Waals surface area contributed by atoms with Gasteiger partial charge in [-0.15, -0.1) is 0 Å². The third kappa shape index (κ3) is 4.97. The molecule has 0 aliphatic carbocycles. The first kappa shape index (κ1) is 22.2. The van der Waals surface area contributed by atoms with Gasteiger partial charge >= 0.3 is 0 Å². The molecule has 2 aromatic rings. The van der Waals surface area contributed by atoms with Gasteiger partial charge in [0.15, 0.2) is 0 Å². The number of methoxy groups -OCH3 is 1. The van der Waals surface area contributed by atoms with E-state index in [1.54, 1.807) is 14.0 Å². The normalized spacial score (nSPS) is 16.2. The molecule has 0 saturated carbocycles. The van der Waals surface area contributed by atoms with Crippen molar-refractivity contribution in [2.24, 2.45) is 0 Å². The maximum Gasteiger partial charge on any atom is 0.269 e. The predicted molar refractivity (Wildman–Crippen MR) is 114 cm³/mol. The van der Waals surface area contributed by atoms with Crippen LogP contribution in [0.3, 0.4) is 0 Å². The quantitative estimate of drug-likeness (QED) is 0.506. The van der Waals surface area contributed by atoms with Gasteiger partial charge in [-0.3, -0.25) is 15.0 Å². The molecular formula is C21H27N3O5S. The molecule has 1 fully saturated rings. The molecular weight excluding hydrogens is 406 g/mol. The molecule has 1 N–H and O–H groups in total. The number of hydrogen-bond acceptors (Lipinski definition) is 6. The smallest absolute Gasteiger partial charge is 0.269 e. The number of nitro benzene ring substituents is 1. The minimum atomic E-state index is -3.83. The van der Waals surface area contributed by atoms with Crippen LogP contribution in [0.4, 0.5) is 5.69 Å². The zero-order chi connectivity index (χ0) is 21.7. The van der Waals surface area contributed by atoms with Gasteiger partial charge < -0.3 is 4.74 Å². The number of likely N-dealkylation sites (tertiary alicyclic amines) is 1. The number of nitrogens with one attached hydrogen (secondary N) is 1. The minimum Gasteiger partial charge on any atom is -0.496 e. The summed E-state index contributed by atoms with van der Waals surface area (Å²) in [7, 11) is -2.23. The summed E-state index contributed by atoms with van der Waals surface area (Å²) < 4.78 is 34.2. The summed E-state index contributed by atoms with van der Waals surface area (Å²) in [6.45, 7) is 3.52. The number of non-ortho nitro benzene ring substituents is 1. The van der Waals surface area contributed by atoms with Crippen LogP contribution in [0.1, 0.15) is 36.4 Å². The molecule has 0 amide bonds. The molecule has 30 heavy (non-hydrogen) atoms. The molecule has 1 atom stereocenters. The van der Waals surface area contributed by atoms with E-state index in [1.165, 1.54) is 24.6 Å². The van der Waals surface area contributed by atoms with Crippen LogP contribution in [-0.4, -0.2) is 45.0 Å². The molecule has 8 nitrogen and oxygen atoms in total. The van der Waals surface area contributed by atoms with E-state index in [0.29, 0.717) is 5.56 Å². The molecule has 9 heteroatoms. The first-order valence-electron chi connectivity index (χ1n) is 9.95. The second-order valence-electron chi connectivity index (χ2n) is 7.41. The molecule has 0 radical (unpaired) electrons. The number of ether oxygens (including phenoxy) is 1. The first-order chi connectivity index (χ1) is 14.3. The Morgan fingerprint density at radius 1 is 1.17 bits per heavy atom. The Balaban J connectivity index is 1.87. The fourth-order valence-electron chi connectivity index (χ4n) is 3.92. The third-order valence-electron chi connectivity index (χ3n) is 5.45. The molecule has 162 valence electrons. The van der Waals surface area contributed by atoms with Gasteiger partial charge in [-0.25, -0.2) is 13.1 Å². The highest BCUT2D eigenvalue weighted by atomic mass is 32.2. The van der Waals surface area contributed by atoms with E-state index in [0.717, 1.165) is 37.2 Å². The Morgan fingerprint density at radius 2 is 1.87 bits per heavy atom. The topological polar surface area (TPSA) is 102 Å². The maximum absolute atomic E-state index is 13.0. The Bertz CT molecular complexity index is 1000. The van der Waals surface area contributed by atoms with E-state index in [-0.39, 0.29) is 23.2 Å². The van der Waals surface area contributed by atoms with Crippen LogP contribution in [0, 0.1) is 17.0 Å². The van der Waals surface area contributed by atoms with Gasteiger partial charge in [0.05, 0.1) is 23.0 Å². The van der Waals surface area contributed by atoms with Crippen LogP contribution >= 0.6 is 0 Å². The van der Waals surface area contributed by atoms with Gasteiger partial charge in [-0.05, 0) is 50.6 Å². The van der Waals surface area contributed by atoms with Crippen molar-refractivity contribution in [3.63, 3.8) is 0 Å². The Hall–Kier alpha value is -2.49. The zero-order valence-electron chi connectivity index (χ0n) is 17.2. The van der Waals surface area contributed by atoms with Crippen molar-refractivity contribution in [1.82, 2.24) is 9.62 Å². The monoisotopic (exact) mass is 433 g/mol. The number of benzene rings is 2. The minimum absolute atomic E-state index is 0.0468. The van der Waals surface area contributed by atoms with E-state index >= 15 is 0 Å². The van der Waals surface area contributed by atoms with Gasteiger partial charge in [0.2, 0.25) is 10.0 Å². The van der Waals surface area contributed by atoms with Crippen molar-refractivity contribution >= 4 is 15.7 Å². The van der Waals surface area contributed by atoms with Crippen LogP contribution < -0.4 is 9.46 Å². The molecule has 0 spiro atoms. The molecule has 0 bridgehead atoms. The summed E-state index contributed by atoms with van der Waals surface area (Å²) in [4.78, 5) is 12.7. The number of para-hydroxylation sites is 1. The average Bonchev–Trinajstić information content (AvgIpc) is 2.74. The van der Waals surface area contributed by atoms with Crippen molar-refractivity contribution < 1.29 is 18.1 Å². The number of aryl methyl sites for hydroxylation is 1. The number of piperidine rings is 1. The van der Waals surface area contributed by atoms with E-state index in [1.807, 2.05) is 24.3 Å². The van der Waals surface area contributed by atoms with Crippen LogP contribution in [0.2, 0.25) is 0 Å². The average molecular weight is 434 g/mol. The maximum atomic E-state index is 13.0. The van der Waals surface area contributed by atoms with E-state index in [4.69, 9.17) is 4.74 Å². The summed E-state index contributed by atoms with van der Waals surface area (Å²) in [6, 6.07) is 11.2. The number of nitrogens with zero attached hydrogens (tertiary/aromatic N) is 2. The standard InChI is InChI=1S/C21H27N3O5S/c1-16-14-17(24(25)26)10-11-21(16)30(27,28)22-15-19(23-12-6-3-7-13-23)18-8-4-5-9-20(18)29-2/h4-5,8-11,14,19,22H,3,6-7,12-13,15H2,1-2H3. The highest BCUT2D eigenvalue weighted by molar-refractivity contribution is 7.89. The van der Waals surface area contributed by atoms with E-state index in [9.17, 15) is 18.5 Å².